The Labute approximate surface area is 195 Å². The normalized spacial score (nSPS) is 13.8. The molecule has 0 bridgehead atoms. The number of nitrogens with zero attached hydrogens (tertiary/aromatic N) is 1. The molecule has 32 heavy (non-hydrogen) atoms. The predicted octanol–water partition coefficient (Wildman–Crippen LogP) is 7.70. The number of hydrogen-bond acceptors (Lipinski definition) is 4. The monoisotopic (exact) mass is 457 g/mol. The van der Waals surface area contributed by atoms with Crippen LogP contribution in [0.15, 0.2) is 46.4 Å². The molecule has 0 fully saturated rings. The number of hydrogen-bond donors (Lipinski definition) is 0. The summed E-state index contributed by atoms with van der Waals surface area (Å²) < 4.78 is 32.0. The number of oxime groups is 1. The van der Waals surface area contributed by atoms with E-state index in [4.69, 9.17) is 4.28 Å². The summed E-state index contributed by atoms with van der Waals surface area (Å²) in [5, 5.41) is 4.02. The van der Waals surface area contributed by atoms with Crippen molar-refractivity contribution in [1.82, 2.24) is 0 Å². The quantitative estimate of drug-likeness (QED) is 0.286. The fraction of sp³-hybridized carbons (Fsp3) is 0.519. The van der Waals surface area contributed by atoms with Gasteiger partial charge in [0, 0.05) is 0 Å². The van der Waals surface area contributed by atoms with Gasteiger partial charge in [-0.15, -0.1) is 0 Å². The molecule has 0 N–H and O–H groups in total. The van der Waals surface area contributed by atoms with Gasteiger partial charge < -0.3 is 0 Å². The molecule has 0 spiro atoms. The van der Waals surface area contributed by atoms with Gasteiger partial charge in [-0.1, -0.05) is 96.9 Å². The summed E-state index contributed by atoms with van der Waals surface area (Å²) >= 11 is 0. The molecule has 0 aliphatic rings. The van der Waals surface area contributed by atoms with E-state index in [1.54, 1.807) is 6.92 Å². The third kappa shape index (κ3) is 6.00. The van der Waals surface area contributed by atoms with Crippen molar-refractivity contribution in [3.63, 3.8) is 0 Å². The van der Waals surface area contributed by atoms with Crippen molar-refractivity contribution in [3.05, 3.63) is 64.2 Å². The van der Waals surface area contributed by atoms with Crippen LogP contribution in [0.25, 0.3) is 0 Å². The zero-order valence-corrected chi connectivity index (χ0v) is 21.9. The Morgan fingerprint density at radius 1 is 0.844 bits per heavy atom. The van der Waals surface area contributed by atoms with E-state index in [1.807, 2.05) is 52.0 Å². The van der Waals surface area contributed by atoms with E-state index in [0.717, 1.165) is 28.7 Å². The van der Waals surface area contributed by atoms with Crippen molar-refractivity contribution < 1.29 is 12.7 Å². The molecule has 176 valence electrons. The summed E-state index contributed by atoms with van der Waals surface area (Å²) in [5.74, 6) is 0.868. The first-order chi connectivity index (χ1) is 14.9. The Morgan fingerprint density at radius 2 is 1.34 bits per heavy atom. The van der Waals surface area contributed by atoms with Crippen LogP contribution >= 0.6 is 0 Å². The van der Waals surface area contributed by atoms with Crippen molar-refractivity contribution in [2.75, 3.05) is 0 Å². The second-order valence-electron chi connectivity index (χ2n) is 9.63. The zero-order chi connectivity index (χ0) is 24.2. The Bertz CT molecular complexity index is 1020. The van der Waals surface area contributed by atoms with Gasteiger partial charge in [-0.05, 0) is 64.8 Å². The summed E-state index contributed by atoms with van der Waals surface area (Å²) in [6, 6.07) is 12.1. The molecule has 1 unspecified atom stereocenters. The van der Waals surface area contributed by atoms with Crippen LogP contribution in [0.3, 0.4) is 0 Å². The van der Waals surface area contributed by atoms with E-state index in [2.05, 4.69) is 45.0 Å². The summed E-state index contributed by atoms with van der Waals surface area (Å²) in [6.45, 7) is 18.4. The lowest BCUT2D eigenvalue weighted by atomic mass is 9.89. The highest BCUT2D eigenvalue weighted by Gasteiger charge is 2.28. The van der Waals surface area contributed by atoms with Crippen LogP contribution in [0.4, 0.5) is 0 Å². The minimum atomic E-state index is -4.07. The highest BCUT2D eigenvalue weighted by molar-refractivity contribution is 7.86. The minimum Gasteiger partial charge on any atom is -0.264 e. The number of rotatable bonds is 9. The van der Waals surface area contributed by atoms with Gasteiger partial charge in [0.05, 0.1) is 5.71 Å². The highest BCUT2D eigenvalue weighted by atomic mass is 32.2. The Morgan fingerprint density at radius 3 is 1.75 bits per heavy atom. The lowest BCUT2D eigenvalue weighted by molar-refractivity contribution is 0.337. The molecule has 2 aromatic rings. The first kappa shape index (κ1) is 26.1. The van der Waals surface area contributed by atoms with Gasteiger partial charge in [0.25, 0.3) is 0 Å². The van der Waals surface area contributed by atoms with E-state index >= 15 is 0 Å². The fourth-order valence-electron chi connectivity index (χ4n) is 3.66. The van der Waals surface area contributed by atoms with Crippen LogP contribution in [-0.2, 0) is 14.4 Å². The van der Waals surface area contributed by atoms with Crippen molar-refractivity contribution in [2.24, 2.45) is 5.16 Å². The van der Waals surface area contributed by atoms with Crippen LogP contribution in [0.1, 0.15) is 120 Å². The summed E-state index contributed by atoms with van der Waals surface area (Å²) in [7, 11) is -4.07. The molecule has 0 amide bonds. The first-order valence-electron chi connectivity index (χ1n) is 11.6. The summed E-state index contributed by atoms with van der Waals surface area (Å²) in [5.41, 5.74) is 5.33. The van der Waals surface area contributed by atoms with Crippen LogP contribution in [0.2, 0.25) is 0 Å². The van der Waals surface area contributed by atoms with Crippen molar-refractivity contribution >= 4 is 15.8 Å². The van der Waals surface area contributed by atoms with Crippen LogP contribution in [0.5, 0.6) is 0 Å². The zero-order valence-electron chi connectivity index (χ0n) is 21.1. The Balaban J connectivity index is 2.47. The maximum atomic E-state index is 13.4. The molecule has 0 heterocycles. The van der Waals surface area contributed by atoms with E-state index in [1.165, 1.54) is 5.56 Å². The van der Waals surface area contributed by atoms with Gasteiger partial charge in [-0.3, -0.25) is 4.28 Å². The number of benzene rings is 2. The van der Waals surface area contributed by atoms with E-state index < -0.39 is 10.1 Å². The van der Waals surface area contributed by atoms with Crippen LogP contribution < -0.4 is 0 Å². The topological polar surface area (TPSA) is 55.7 Å². The Kier molecular flexibility index (Phi) is 8.69. The second-order valence-corrected chi connectivity index (χ2v) is 11.1. The smallest absolute Gasteiger partial charge is 0.264 e. The van der Waals surface area contributed by atoms with Crippen molar-refractivity contribution in [2.45, 2.75) is 97.3 Å². The van der Waals surface area contributed by atoms with E-state index in [9.17, 15) is 8.42 Å². The molecule has 0 radical (unpaired) electrons. The molecule has 0 aromatic heterocycles. The molecule has 4 nitrogen and oxygen atoms in total. The highest BCUT2D eigenvalue weighted by Crippen LogP contribution is 2.36. The minimum absolute atomic E-state index is 0.0396. The predicted molar refractivity (Wildman–Crippen MR) is 134 cm³/mol. The molecule has 0 saturated heterocycles. The van der Waals surface area contributed by atoms with Gasteiger partial charge in [0.1, 0.15) is 4.90 Å². The molecule has 0 aliphatic carbocycles. The maximum absolute atomic E-state index is 13.4. The summed E-state index contributed by atoms with van der Waals surface area (Å²) in [6.07, 6.45) is 1.07. The molecule has 2 rings (SSSR count). The SMILES string of the molecule is CCC(C)c1ccc(/C(C)=N/OS(=O)(=O)c2c(C(C)C)cc(C(C)C)cc2C(C)C)cc1. The lowest BCUT2D eigenvalue weighted by Gasteiger charge is -2.21. The first-order valence-corrected chi connectivity index (χ1v) is 13.1. The third-order valence-corrected chi connectivity index (χ3v) is 7.35. The van der Waals surface area contributed by atoms with Gasteiger partial charge in [-0.25, -0.2) is 0 Å². The van der Waals surface area contributed by atoms with E-state index in [-0.39, 0.29) is 16.7 Å². The van der Waals surface area contributed by atoms with Gasteiger partial charge in [-0.2, -0.15) is 8.42 Å². The average molecular weight is 458 g/mol. The van der Waals surface area contributed by atoms with Gasteiger partial charge in [0.15, 0.2) is 0 Å². The molecule has 2 aromatic carbocycles. The van der Waals surface area contributed by atoms with Crippen LogP contribution in [-0.4, -0.2) is 14.1 Å². The molecule has 0 aliphatic heterocycles. The van der Waals surface area contributed by atoms with Gasteiger partial charge >= 0.3 is 10.1 Å². The largest absolute Gasteiger partial charge is 0.359 e. The standard InChI is InChI=1S/C27H39NO3S/c1-10-20(8)22-11-13-23(14-12-22)21(9)28-31-32(29,30)27-25(18(4)5)15-24(17(2)3)16-26(27)19(6)7/h11-20H,10H2,1-9H3/b28-21+. The average Bonchev–Trinajstić information content (AvgIpc) is 2.75. The lowest BCUT2D eigenvalue weighted by Crippen LogP contribution is -2.14. The molecule has 0 saturated carbocycles. The molecule has 5 heteroatoms. The molecular formula is C27H39NO3S. The Hall–Kier alpha value is -2.14. The fourth-order valence-corrected chi connectivity index (χ4v) is 5.11. The molecule has 1 atom stereocenters. The summed E-state index contributed by atoms with van der Waals surface area (Å²) in [4.78, 5) is 0.260. The van der Waals surface area contributed by atoms with Gasteiger partial charge in [0.2, 0.25) is 0 Å². The third-order valence-electron chi connectivity index (χ3n) is 6.11. The maximum Gasteiger partial charge on any atom is 0.359 e. The second kappa shape index (κ2) is 10.7. The van der Waals surface area contributed by atoms with Crippen LogP contribution in [0, 0.1) is 0 Å². The van der Waals surface area contributed by atoms with Crippen molar-refractivity contribution in [1.29, 1.82) is 0 Å². The van der Waals surface area contributed by atoms with E-state index in [0.29, 0.717) is 17.5 Å². The molecular weight excluding hydrogens is 418 g/mol. The van der Waals surface area contributed by atoms with Crippen molar-refractivity contribution in [3.8, 4) is 0 Å².